The maximum absolute atomic E-state index is 12.7. The highest BCUT2D eigenvalue weighted by Gasteiger charge is 2.13. The van der Waals surface area contributed by atoms with E-state index in [9.17, 15) is 4.79 Å². The van der Waals surface area contributed by atoms with Gasteiger partial charge < -0.3 is 0 Å². The largest absolute Gasteiger partial charge is 0.299 e. The molecule has 0 unspecified atom stereocenters. The maximum Gasteiger partial charge on any atom is 0.262 e. The first-order valence-electron chi connectivity index (χ1n) is 7.80. The number of unbranched alkanes of at least 4 members (excludes halogenated alkanes) is 1. The number of rotatable bonds is 5. The lowest BCUT2D eigenvalue weighted by Crippen LogP contribution is -2.20. The van der Waals surface area contributed by atoms with Crippen LogP contribution in [-0.4, -0.2) is 9.55 Å². The first-order valence-corrected chi connectivity index (χ1v) is 8.68. The molecule has 4 heteroatoms. The van der Waals surface area contributed by atoms with Crippen LogP contribution in [0.2, 0.25) is 0 Å². The molecule has 0 aliphatic carbocycles. The quantitative estimate of drug-likeness (QED) is 0.696. The zero-order valence-corrected chi connectivity index (χ0v) is 13.8. The zero-order chi connectivity index (χ0) is 15.5. The van der Waals surface area contributed by atoms with E-state index in [0.717, 1.165) is 47.2 Å². The minimum absolute atomic E-state index is 0.0780. The van der Waals surface area contributed by atoms with Crippen LogP contribution in [0.1, 0.15) is 32.3 Å². The first-order chi connectivity index (χ1) is 10.7. The summed E-state index contributed by atoms with van der Waals surface area (Å²) in [5, 5.41) is 2.80. The number of hydrogen-bond acceptors (Lipinski definition) is 3. The fourth-order valence-corrected chi connectivity index (χ4v) is 3.49. The second-order valence-corrected chi connectivity index (χ2v) is 6.33. The highest BCUT2D eigenvalue weighted by atomic mass is 32.1. The summed E-state index contributed by atoms with van der Waals surface area (Å²) in [7, 11) is 0. The van der Waals surface area contributed by atoms with Gasteiger partial charge in [0.1, 0.15) is 4.83 Å². The van der Waals surface area contributed by atoms with Gasteiger partial charge in [0.25, 0.3) is 5.56 Å². The van der Waals surface area contributed by atoms with Gasteiger partial charge in [-0.25, -0.2) is 4.98 Å². The topological polar surface area (TPSA) is 34.9 Å². The molecule has 0 aliphatic heterocycles. The van der Waals surface area contributed by atoms with Crippen molar-refractivity contribution in [1.82, 2.24) is 9.55 Å². The fourth-order valence-electron chi connectivity index (χ4n) is 2.59. The molecule has 0 fully saturated rings. The van der Waals surface area contributed by atoms with E-state index in [0.29, 0.717) is 0 Å². The molecule has 22 heavy (non-hydrogen) atoms. The van der Waals surface area contributed by atoms with E-state index >= 15 is 0 Å². The Hall–Kier alpha value is -1.94. The van der Waals surface area contributed by atoms with E-state index in [-0.39, 0.29) is 5.56 Å². The van der Waals surface area contributed by atoms with Crippen LogP contribution >= 0.6 is 11.3 Å². The normalized spacial score (nSPS) is 11.2. The maximum atomic E-state index is 12.7. The molecule has 3 aromatic rings. The predicted molar refractivity (Wildman–Crippen MR) is 93.6 cm³/mol. The van der Waals surface area contributed by atoms with Gasteiger partial charge in [0.15, 0.2) is 0 Å². The van der Waals surface area contributed by atoms with E-state index in [4.69, 9.17) is 0 Å². The molecule has 0 saturated heterocycles. The Morgan fingerprint density at radius 2 is 1.95 bits per heavy atom. The summed E-state index contributed by atoms with van der Waals surface area (Å²) >= 11 is 1.54. The van der Waals surface area contributed by atoms with Crippen molar-refractivity contribution in [3.63, 3.8) is 0 Å². The van der Waals surface area contributed by atoms with Crippen LogP contribution in [0.3, 0.4) is 0 Å². The molecule has 2 heterocycles. The van der Waals surface area contributed by atoms with Crippen LogP contribution in [0.15, 0.2) is 40.8 Å². The standard InChI is InChI=1S/C18H20N2OS/c1-3-5-10-20-12-19-17-16(18(20)21)15(11-22-17)14-8-6-13(4-2)7-9-14/h6-9,11-12H,3-5,10H2,1-2H3. The van der Waals surface area contributed by atoms with Crippen molar-refractivity contribution in [2.75, 3.05) is 0 Å². The number of aromatic nitrogens is 2. The predicted octanol–water partition coefficient (Wildman–Crippen LogP) is 4.49. The van der Waals surface area contributed by atoms with Gasteiger partial charge >= 0.3 is 0 Å². The van der Waals surface area contributed by atoms with Crippen LogP contribution in [0.5, 0.6) is 0 Å². The second kappa shape index (κ2) is 6.44. The van der Waals surface area contributed by atoms with Crippen molar-refractivity contribution in [3.05, 3.63) is 51.9 Å². The van der Waals surface area contributed by atoms with Crippen molar-refractivity contribution in [3.8, 4) is 11.1 Å². The minimum Gasteiger partial charge on any atom is -0.299 e. The molecule has 0 radical (unpaired) electrons. The van der Waals surface area contributed by atoms with Crippen molar-refractivity contribution < 1.29 is 0 Å². The van der Waals surface area contributed by atoms with Gasteiger partial charge in [0.05, 0.1) is 11.7 Å². The molecule has 0 N–H and O–H groups in total. The van der Waals surface area contributed by atoms with Gasteiger partial charge in [-0.2, -0.15) is 0 Å². The molecule has 0 spiro atoms. The molecule has 0 amide bonds. The lowest BCUT2D eigenvalue weighted by atomic mass is 10.0. The van der Waals surface area contributed by atoms with Gasteiger partial charge in [0, 0.05) is 17.5 Å². The molecule has 3 rings (SSSR count). The molecular weight excluding hydrogens is 292 g/mol. The zero-order valence-electron chi connectivity index (χ0n) is 13.0. The molecule has 1 aromatic carbocycles. The summed E-state index contributed by atoms with van der Waals surface area (Å²) < 4.78 is 1.74. The lowest BCUT2D eigenvalue weighted by molar-refractivity contribution is 0.609. The van der Waals surface area contributed by atoms with E-state index < -0.39 is 0 Å². The second-order valence-electron chi connectivity index (χ2n) is 5.48. The summed E-state index contributed by atoms with van der Waals surface area (Å²) in [6.45, 7) is 5.01. The number of benzene rings is 1. The van der Waals surface area contributed by atoms with E-state index in [1.807, 2.05) is 5.38 Å². The average Bonchev–Trinajstić information content (AvgIpc) is 2.99. The first kappa shape index (κ1) is 15.0. The number of nitrogens with zero attached hydrogens (tertiary/aromatic N) is 2. The SMILES string of the molecule is CCCCn1cnc2scc(-c3ccc(CC)cc3)c2c1=O. The van der Waals surface area contributed by atoms with E-state index in [1.165, 1.54) is 5.56 Å². The number of hydrogen-bond donors (Lipinski definition) is 0. The van der Waals surface area contributed by atoms with Crippen molar-refractivity contribution >= 4 is 21.6 Å². The smallest absolute Gasteiger partial charge is 0.262 e. The Balaban J connectivity index is 2.11. The van der Waals surface area contributed by atoms with Crippen LogP contribution in [0, 0.1) is 0 Å². The van der Waals surface area contributed by atoms with Gasteiger partial charge in [0.2, 0.25) is 0 Å². The van der Waals surface area contributed by atoms with Gasteiger partial charge in [-0.3, -0.25) is 9.36 Å². The summed E-state index contributed by atoms with van der Waals surface area (Å²) in [5.41, 5.74) is 3.48. The molecule has 0 saturated carbocycles. The number of fused-ring (bicyclic) bond motifs is 1. The third kappa shape index (κ3) is 2.71. The van der Waals surface area contributed by atoms with Crippen molar-refractivity contribution in [1.29, 1.82) is 0 Å². The summed E-state index contributed by atoms with van der Waals surface area (Å²) in [6.07, 6.45) is 4.77. The van der Waals surface area contributed by atoms with Gasteiger partial charge in [-0.05, 0) is 24.0 Å². The van der Waals surface area contributed by atoms with Gasteiger partial charge in [-0.1, -0.05) is 44.5 Å². The molecule has 3 nitrogen and oxygen atoms in total. The molecule has 114 valence electrons. The monoisotopic (exact) mass is 312 g/mol. The molecule has 2 aromatic heterocycles. The van der Waals surface area contributed by atoms with Crippen LogP contribution in [-0.2, 0) is 13.0 Å². The summed E-state index contributed by atoms with van der Waals surface area (Å²) in [5.74, 6) is 0. The van der Waals surface area contributed by atoms with Crippen LogP contribution in [0.25, 0.3) is 21.3 Å². The summed E-state index contributed by atoms with van der Waals surface area (Å²) in [6, 6.07) is 8.46. The van der Waals surface area contributed by atoms with Crippen molar-refractivity contribution in [2.45, 2.75) is 39.7 Å². The summed E-state index contributed by atoms with van der Waals surface area (Å²) in [4.78, 5) is 18.0. The Bertz CT molecular complexity index is 830. The van der Waals surface area contributed by atoms with Gasteiger partial charge in [-0.15, -0.1) is 11.3 Å². The van der Waals surface area contributed by atoms with Crippen LogP contribution in [0.4, 0.5) is 0 Å². The molecule has 0 aliphatic rings. The third-order valence-corrected chi connectivity index (χ3v) is 4.87. The Morgan fingerprint density at radius 1 is 1.18 bits per heavy atom. The average molecular weight is 312 g/mol. The van der Waals surface area contributed by atoms with E-state index in [1.54, 1.807) is 22.2 Å². The highest BCUT2D eigenvalue weighted by Crippen LogP contribution is 2.30. The molecule has 0 atom stereocenters. The molecular formula is C18H20N2OS. The highest BCUT2D eigenvalue weighted by molar-refractivity contribution is 7.17. The fraction of sp³-hybridized carbons (Fsp3) is 0.333. The Labute approximate surface area is 134 Å². The minimum atomic E-state index is 0.0780. The lowest BCUT2D eigenvalue weighted by Gasteiger charge is -2.05. The molecule has 0 bridgehead atoms. The van der Waals surface area contributed by atoms with E-state index in [2.05, 4.69) is 43.1 Å². The van der Waals surface area contributed by atoms with Crippen LogP contribution < -0.4 is 5.56 Å². The number of thiophene rings is 1. The Kier molecular flexibility index (Phi) is 4.39. The number of aryl methyl sites for hydroxylation is 2. The van der Waals surface area contributed by atoms with Crippen molar-refractivity contribution in [2.24, 2.45) is 0 Å². The third-order valence-electron chi connectivity index (χ3n) is 3.99. The Morgan fingerprint density at radius 3 is 2.64 bits per heavy atom.